The van der Waals surface area contributed by atoms with Crippen LogP contribution in [0.25, 0.3) is 0 Å². The minimum atomic E-state index is 0.00973. The number of amidine groups is 1. The molecule has 1 aromatic carbocycles. The van der Waals surface area contributed by atoms with Gasteiger partial charge in [0.25, 0.3) is 0 Å². The van der Waals surface area contributed by atoms with Crippen LogP contribution < -0.4 is 10.6 Å². The molecule has 2 rings (SSSR count). The van der Waals surface area contributed by atoms with Crippen LogP contribution in [0.2, 0.25) is 5.02 Å². The number of anilines is 1. The highest BCUT2D eigenvalue weighted by Crippen LogP contribution is 2.30. The fraction of sp³-hybridized carbons (Fsp3) is 0.214. The van der Waals surface area contributed by atoms with E-state index < -0.39 is 0 Å². The third kappa shape index (κ3) is 2.89. The Morgan fingerprint density at radius 1 is 1.45 bits per heavy atom. The van der Waals surface area contributed by atoms with Gasteiger partial charge in [-0.25, -0.2) is 0 Å². The van der Waals surface area contributed by atoms with Gasteiger partial charge in [0.2, 0.25) is 0 Å². The Balaban J connectivity index is 2.27. The van der Waals surface area contributed by atoms with Crippen molar-refractivity contribution in [2.75, 3.05) is 11.9 Å². The van der Waals surface area contributed by atoms with E-state index in [-0.39, 0.29) is 11.9 Å². The van der Waals surface area contributed by atoms with E-state index in [1.807, 2.05) is 25.2 Å². The van der Waals surface area contributed by atoms with Crippen LogP contribution in [-0.2, 0) is 0 Å². The maximum absolute atomic E-state index is 8.70. The van der Waals surface area contributed by atoms with Gasteiger partial charge in [-0.05, 0) is 36.6 Å². The van der Waals surface area contributed by atoms with Crippen molar-refractivity contribution in [1.29, 1.82) is 0 Å². The second-order valence-electron chi connectivity index (χ2n) is 4.45. The molecule has 3 N–H and O–H groups in total. The second-order valence-corrected chi connectivity index (χ2v) is 5.84. The summed E-state index contributed by atoms with van der Waals surface area (Å²) in [6, 6.07) is 9.88. The summed E-state index contributed by atoms with van der Waals surface area (Å²) < 4.78 is 0. The van der Waals surface area contributed by atoms with Gasteiger partial charge in [-0.2, -0.15) is 0 Å². The number of nitrogens with zero attached hydrogens (tertiary/aromatic N) is 2. The summed E-state index contributed by atoms with van der Waals surface area (Å²) in [5.41, 5.74) is 7.06. The van der Waals surface area contributed by atoms with Crippen molar-refractivity contribution >= 4 is 34.5 Å². The van der Waals surface area contributed by atoms with E-state index in [0.29, 0.717) is 10.6 Å². The molecule has 106 valence electrons. The van der Waals surface area contributed by atoms with Gasteiger partial charge in [0.05, 0.1) is 11.1 Å². The normalized spacial score (nSPS) is 13.2. The molecule has 4 nitrogen and oxygen atoms in total. The molecule has 0 aliphatic carbocycles. The van der Waals surface area contributed by atoms with Gasteiger partial charge < -0.3 is 15.8 Å². The number of benzene rings is 1. The first-order valence-electron chi connectivity index (χ1n) is 6.08. The Bertz CT molecular complexity index is 613. The molecule has 1 heterocycles. The fourth-order valence-electron chi connectivity index (χ4n) is 1.93. The largest absolute Gasteiger partial charge is 0.409 e. The molecule has 6 heteroatoms. The Morgan fingerprint density at radius 3 is 2.75 bits per heavy atom. The molecule has 2 aromatic rings. The summed E-state index contributed by atoms with van der Waals surface area (Å²) in [6.45, 7) is 2.14. The lowest BCUT2D eigenvalue weighted by Gasteiger charge is -2.26. The molecule has 0 saturated heterocycles. The third-order valence-corrected chi connectivity index (χ3v) is 4.63. The average Bonchev–Trinajstić information content (AvgIpc) is 2.99. The lowest BCUT2D eigenvalue weighted by Crippen LogP contribution is -2.21. The number of nitrogens with two attached hydrogens (primary N) is 1. The van der Waals surface area contributed by atoms with Crippen LogP contribution in [0, 0.1) is 0 Å². The van der Waals surface area contributed by atoms with Crippen LogP contribution in [-0.4, -0.2) is 18.1 Å². The molecular weight excluding hydrogens is 294 g/mol. The van der Waals surface area contributed by atoms with Gasteiger partial charge in [-0.1, -0.05) is 22.8 Å². The molecule has 0 aliphatic heterocycles. The van der Waals surface area contributed by atoms with Gasteiger partial charge in [0.1, 0.15) is 0 Å². The molecule has 0 amide bonds. The van der Waals surface area contributed by atoms with Crippen molar-refractivity contribution in [1.82, 2.24) is 0 Å². The van der Waals surface area contributed by atoms with Crippen molar-refractivity contribution in [3.63, 3.8) is 0 Å². The Morgan fingerprint density at radius 2 is 2.20 bits per heavy atom. The second kappa shape index (κ2) is 6.15. The van der Waals surface area contributed by atoms with Gasteiger partial charge in [-0.3, -0.25) is 0 Å². The lowest BCUT2D eigenvalue weighted by molar-refractivity contribution is 0.318. The first-order chi connectivity index (χ1) is 9.54. The van der Waals surface area contributed by atoms with Crippen molar-refractivity contribution in [2.45, 2.75) is 13.0 Å². The highest BCUT2D eigenvalue weighted by atomic mass is 35.5. The summed E-state index contributed by atoms with van der Waals surface area (Å²) in [5, 5.41) is 14.2. The summed E-state index contributed by atoms with van der Waals surface area (Å²) in [4.78, 5) is 3.41. The summed E-state index contributed by atoms with van der Waals surface area (Å²) in [5.74, 6) is 0.00973. The molecular formula is C14H16ClN3OS. The number of hydrogen-bond acceptors (Lipinski definition) is 4. The standard InChI is InChI=1S/C14H16ClN3OS/c1-9(13-4-3-7-20-13)18(2)10-5-6-11(12(15)8-10)14(16)17-19/h3-9,19H,1-2H3,(H2,16,17). The quantitative estimate of drug-likeness (QED) is 0.392. The SMILES string of the molecule is CC(c1cccs1)N(C)c1ccc(C(N)=NO)c(Cl)c1. The molecule has 1 atom stereocenters. The number of halogens is 1. The van der Waals surface area contributed by atoms with Gasteiger partial charge in [0.15, 0.2) is 5.84 Å². The fourth-order valence-corrected chi connectivity index (χ4v) is 3.03. The zero-order chi connectivity index (χ0) is 14.7. The average molecular weight is 310 g/mol. The Labute approximate surface area is 127 Å². The summed E-state index contributed by atoms with van der Waals surface area (Å²) in [7, 11) is 2.01. The van der Waals surface area contributed by atoms with E-state index in [1.165, 1.54) is 4.88 Å². The highest BCUT2D eigenvalue weighted by Gasteiger charge is 2.15. The number of oxime groups is 1. The highest BCUT2D eigenvalue weighted by molar-refractivity contribution is 7.10. The van der Waals surface area contributed by atoms with Crippen molar-refractivity contribution < 1.29 is 5.21 Å². The predicted octanol–water partition coefficient (Wildman–Crippen LogP) is 3.69. The molecule has 0 radical (unpaired) electrons. The van der Waals surface area contributed by atoms with E-state index in [2.05, 4.69) is 28.4 Å². The zero-order valence-electron chi connectivity index (χ0n) is 11.2. The smallest absolute Gasteiger partial charge is 0.171 e. The molecule has 0 spiro atoms. The Kier molecular flexibility index (Phi) is 4.52. The molecule has 0 fully saturated rings. The third-order valence-electron chi connectivity index (χ3n) is 3.28. The molecule has 0 bridgehead atoms. The van der Waals surface area contributed by atoms with Crippen LogP contribution in [0.15, 0.2) is 40.9 Å². The van der Waals surface area contributed by atoms with Crippen molar-refractivity contribution in [3.05, 3.63) is 51.2 Å². The van der Waals surface area contributed by atoms with E-state index in [0.717, 1.165) is 5.69 Å². The van der Waals surface area contributed by atoms with Crippen molar-refractivity contribution in [3.8, 4) is 0 Å². The zero-order valence-corrected chi connectivity index (χ0v) is 12.8. The number of thiophene rings is 1. The molecule has 1 aromatic heterocycles. The van der Waals surface area contributed by atoms with Gasteiger partial charge in [-0.15, -0.1) is 11.3 Å². The van der Waals surface area contributed by atoms with E-state index >= 15 is 0 Å². The first-order valence-corrected chi connectivity index (χ1v) is 7.34. The molecule has 0 aliphatic rings. The molecule has 1 unspecified atom stereocenters. The van der Waals surface area contributed by atoms with Gasteiger partial charge >= 0.3 is 0 Å². The van der Waals surface area contributed by atoms with Crippen LogP contribution in [0.3, 0.4) is 0 Å². The predicted molar refractivity (Wildman–Crippen MR) is 85.1 cm³/mol. The Hall–Kier alpha value is -1.72. The summed E-state index contributed by atoms with van der Waals surface area (Å²) in [6.07, 6.45) is 0. The maximum atomic E-state index is 8.70. The lowest BCUT2D eigenvalue weighted by atomic mass is 10.1. The minimum absolute atomic E-state index is 0.00973. The molecule has 20 heavy (non-hydrogen) atoms. The van der Waals surface area contributed by atoms with Crippen molar-refractivity contribution in [2.24, 2.45) is 10.9 Å². The topological polar surface area (TPSA) is 61.8 Å². The van der Waals surface area contributed by atoms with Gasteiger partial charge in [0, 0.05) is 23.2 Å². The van der Waals surface area contributed by atoms with Crippen LogP contribution in [0.5, 0.6) is 0 Å². The van der Waals surface area contributed by atoms with E-state index in [4.69, 9.17) is 22.5 Å². The number of hydrogen-bond donors (Lipinski definition) is 2. The number of rotatable bonds is 4. The maximum Gasteiger partial charge on any atom is 0.171 e. The first kappa shape index (κ1) is 14.7. The van der Waals surface area contributed by atoms with Crippen LogP contribution in [0.1, 0.15) is 23.4 Å². The molecule has 0 saturated carbocycles. The van der Waals surface area contributed by atoms with Crippen LogP contribution in [0.4, 0.5) is 5.69 Å². The minimum Gasteiger partial charge on any atom is -0.409 e. The van der Waals surface area contributed by atoms with Crippen LogP contribution >= 0.6 is 22.9 Å². The summed E-state index contributed by atoms with van der Waals surface area (Å²) >= 11 is 7.90. The van der Waals surface area contributed by atoms with E-state index in [1.54, 1.807) is 17.4 Å². The van der Waals surface area contributed by atoms with E-state index in [9.17, 15) is 0 Å². The monoisotopic (exact) mass is 309 g/mol.